The van der Waals surface area contributed by atoms with Crippen LogP contribution in [0.3, 0.4) is 0 Å². The van der Waals surface area contributed by atoms with Crippen LogP contribution < -0.4 is 4.74 Å². The van der Waals surface area contributed by atoms with E-state index in [1.807, 2.05) is 28.9 Å². The van der Waals surface area contributed by atoms with Crippen molar-refractivity contribution in [2.45, 2.75) is 32.6 Å². The van der Waals surface area contributed by atoms with Crippen LogP contribution in [0, 0.1) is 6.92 Å². The molecule has 5 heteroatoms. The van der Waals surface area contributed by atoms with Crippen molar-refractivity contribution in [2.24, 2.45) is 0 Å². The monoisotopic (exact) mass is 325 g/mol. The lowest BCUT2D eigenvalue weighted by atomic mass is 9.96. The maximum absolute atomic E-state index is 5.21. The molecule has 23 heavy (non-hydrogen) atoms. The summed E-state index contributed by atoms with van der Waals surface area (Å²) in [5.74, 6) is 0.861. The average molecular weight is 325 g/mol. The Balaban J connectivity index is 1.69. The van der Waals surface area contributed by atoms with Gasteiger partial charge in [-0.25, -0.2) is 9.67 Å². The van der Waals surface area contributed by atoms with E-state index in [2.05, 4.69) is 12.3 Å². The van der Waals surface area contributed by atoms with Crippen molar-refractivity contribution in [3.8, 4) is 22.1 Å². The number of hydrogen-bond acceptors (Lipinski definition) is 4. The summed E-state index contributed by atoms with van der Waals surface area (Å²) >= 11 is 1.64. The van der Waals surface area contributed by atoms with Crippen LogP contribution in [0.15, 0.2) is 29.6 Å². The summed E-state index contributed by atoms with van der Waals surface area (Å²) in [6.07, 6.45) is 4.77. The maximum Gasteiger partial charge on any atom is 0.211 e. The molecular formula is C18H19N3OS. The van der Waals surface area contributed by atoms with Gasteiger partial charge in [0.2, 0.25) is 5.13 Å². The number of thiazole rings is 1. The minimum absolute atomic E-state index is 0.861. The molecule has 1 aromatic carbocycles. The zero-order valence-corrected chi connectivity index (χ0v) is 14.2. The average Bonchev–Trinajstić information content (AvgIpc) is 3.20. The Morgan fingerprint density at radius 2 is 1.91 bits per heavy atom. The number of nitrogens with zero attached hydrogens (tertiary/aromatic N) is 3. The second-order valence-electron chi connectivity index (χ2n) is 5.87. The molecule has 0 atom stereocenters. The molecule has 0 unspecified atom stereocenters. The van der Waals surface area contributed by atoms with Crippen LogP contribution in [0.2, 0.25) is 0 Å². The smallest absolute Gasteiger partial charge is 0.211 e. The number of aromatic nitrogens is 3. The molecule has 0 spiro atoms. The Kier molecular flexibility index (Phi) is 3.65. The minimum atomic E-state index is 0.861. The first-order valence-corrected chi connectivity index (χ1v) is 8.82. The minimum Gasteiger partial charge on any atom is -0.497 e. The number of methoxy groups -OCH3 is 1. The molecule has 1 aliphatic carbocycles. The Morgan fingerprint density at radius 1 is 1.13 bits per heavy atom. The van der Waals surface area contributed by atoms with E-state index in [1.165, 1.54) is 29.8 Å². The first kappa shape index (κ1) is 14.5. The lowest BCUT2D eigenvalue weighted by Gasteiger charge is -2.08. The van der Waals surface area contributed by atoms with Gasteiger partial charge in [0, 0.05) is 16.6 Å². The van der Waals surface area contributed by atoms with Crippen LogP contribution in [0.4, 0.5) is 0 Å². The zero-order chi connectivity index (χ0) is 15.8. The van der Waals surface area contributed by atoms with E-state index < -0.39 is 0 Å². The van der Waals surface area contributed by atoms with Gasteiger partial charge in [-0.05, 0) is 62.4 Å². The Bertz CT molecular complexity index is 833. The number of hydrogen-bond donors (Lipinski definition) is 0. The van der Waals surface area contributed by atoms with Gasteiger partial charge >= 0.3 is 0 Å². The summed E-state index contributed by atoms with van der Waals surface area (Å²) in [5, 5.41) is 7.84. The molecule has 0 bridgehead atoms. The number of ether oxygens (including phenoxy) is 1. The SMILES string of the molecule is COc1ccc(-c2csc(-n3nc4c(c3C)CCCC4)n2)cc1. The van der Waals surface area contributed by atoms with E-state index in [4.69, 9.17) is 14.8 Å². The number of benzene rings is 1. The van der Waals surface area contributed by atoms with Crippen molar-refractivity contribution in [3.05, 3.63) is 46.6 Å². The fraction of sp³-hybridized carbons (Fsp3) is 0.333. The van der Waals surface area contributed by atoms with Crippen molar-refractivity contribution in [1.82, 2.24) is 14.8 Å². The highest BCUT2D eigenvalue weighted by atomic mass is 32.1. The quantitative estimate of drug-likeness (QED) is 0.725. The molecule has 0 saturated carbocycles. The van der Waals surface area contributed by atoms with Crippen molar-refractivity contribution >= 4 is 11.3 Å². The van der Waals surface area contributed by atoms with Crippen LogP contribution in [0.5, 0.6) is 5.75 Å². The van der Waals surface area contributed by atoms with Gasteiger partial charge in [0.1, 0.15) is 5.75 Å². The first-order chi connectivity index (χ1) is 11.3. The highest BCUT2D eigenvalue weighted by Crippen LogP contribution is 2.29. The Hall–Kier alpha value is -2.14. The lowest BCUT2D eigenvalue weighted by molar-refractivity contribution is 0.415. The Labute approximate surface area is 139 Å². The normalized spacial score (nSPS) is 13.8. The third-order valence-electron chi connectivity index (χ3n) is 4.47. The zero-order valence-electron chi connectivity index (χ0n) is 13.4. The van der Waals surface area contributed by atoms with Crippen molar-refractivity contribution < 1.29 is 4.74 Å². The van der Waals surface area contributed by atoms with Gasteiger partial charge in [0.05, 0.1) is 18.5 Å². The number of rotatable bonds is 3. The molecule has 4 rings (SSSR count). The van der Waals surface area contributed by atoms with E-state index in [0.717, 1.165) is 35.0 Å². The van der Waals surface area contributed by atoms with Gasteiger partial charge < -0.3 is 4.74 Å². The van der Waals surface area contributed by atoms with Gasteiger partial charge in [-0.2, -0.15) is 5.10 Å². The summed E-state index contributed by atoms with van der Waals surface area (Å²) in [7, 11) is 1.68. The molecular weight excluding hydrogens is 306 g/mol. The fourth-order valence-corrected chi connectivity index (χ4v) is 3.99. The summed E-state index contributed by atoms with van der Waals surface area (Å²) in [4.78, 5) is 4.79. The van der Waals surface area contributed by atoms with Crippen molar-refractivity contribution in [2.75, 3.05) is 7.11 Å². The van der Waals surface area contributed by atoms with Gasteiger partial charge in [0.25, 0.3) is 0 Å². The van der Waals surface area contributed by atoms with Gasteiger partial charge in [-0.15, -0.1) is 11.3 Å². The molecule has 118 valence electrons. The highest BCUT2D eigenvalue weighted by Gasteiger charge is 2.20. The maximum atomic E-state index is 5.21. The molecule has 0 amide bonds. The van der Waals surface area contributed by atoms with Crippen LogP contribution in [-0.2, 0) is 12.8 Å². The second-order valence-corrected chi connectivity index (χ2v) is 6.71. The van der Waals surface area contributed by atoms with E-state index in [0.29, 0.717) is 0 Å². The molecule has 3 aromatic rings. The number of fused-ring (bicyclic) bond motifs is 1. The van der Waals surface area contributed by atoms with Crippen LogP contribution in [0.25, 0.3) is 16.4 Å². The molecule has 2 heterocycles. The third kappa shape index (κ3) is 2.55. The van der Waals surface area contributed by atoms with Crippen molar-refractivity contribution in [3.63, 3.8) is 0 Å². The predicted molar refractivity (Wildman–Crippen MR) is 92.6 cm³/mol. The molecule has 4 nitrogen and oxygen atoms in total. The van der Waals surface area contributed by atoms with Crippen LogP contribution in [-0.4, -0.2) is 21.9 Å². The van der Waals surface area contributed by atoms with Crippen molar-refractivity contribution in [1.29, 1.82) is 0 Å². The van der Waals surface area contributed by atoms with E-state index in [9.17, 15) is 0 Å². The summed E-state index contributed by atoms with van der Waals surface area (Å²) in [5.41, 5.74) is 6.02. The predicted octanol–water partition coefficient (Wildman–Crippen LogP) is 4.19. The van der Waals surface area contributed by atoms with Gasteiger partial charge in [0.15, 0.2) is 0 Å². The Morgan fingerprint density at radius 3 is 2.65 bits per heavy atom. The topological polar surface area (TPSA) is 39.9 Å². The second kappa shape index (κ2) is 5.81. The van der Waals surface area contributed by atoms with E-state index in [-0.39, 0.29) is 0 Å². The summed E-state index contributed by atoms with van der Waals surface area (Å²) in [6.45, 7) is 2.16. The first-order valence-electron chi connectivity index (χ1n) is 7.94. The molecule has 0 N–H and O–H groups in total. The highest BCUT2D eigenvalue weighted by molar-refractivity contribution is 7.12. The van der Waals surface area contributed by atoms with Crippen LogP contribution >= 0.6 is 11.3 Å². The molecule has 1 aliphatic rings. The fourth-order valence-electron chi connectivity index (χ4n) is 3.16. The van der Waals surface area contributed by atoms with Gasteiger partial charge in [-0.1, -0.05) is 0 Å². The molecule has 0 fully saturated rings. The van der Waals surface area contributed by atoms with Gasteiger partial charge in [-0.3, -0.25) is 0 Å². The molecule has 0 aliphatic heterocycles. The number of aryl methyl sites for hydroxylation is 1. The molecule has 0 radical (unpaired) electrons. The van der Waals surface area contributed by atoms with E-state index in [1.54, 1.807) is 18.4 Å². The van der Waals surface area contributed by atoms with Crippen LogP contribution in [0.1, 0.15) is 29.8 Å². The standard InChI is InChI=1S/C18H19N3OS/c1-12-15-5-3-4-6-16(15)20-21(12)18-19-17(11-23-18)13-7-9-14(22-2)10-8-13/h7-11H,3-6H2,1-2H3. The third-order valence-corrected chi connectivity index (χ3v) is 5.29. The molecule has 0 saturated heterocycles. The largest absolute Gasteiger partial charge is 0.497 e. The van der Waals surface area contributed by atoms with E-state index >= 15 is 0 Å². The summed E-state index contributed by atoms with van der Waals surface area (Å²) < 4.78 is 7.23. The summed E-state index contributed by atoms with van der Waals surface area (Å²) in [6, 6.07) is 8.01. The lowest BCUT2D eigenvalue weighted by Crippen LogP contribution is -2.00. The molecule has 2 aromatic heterocycles.